The second-order valence-electron chi connectivity index (χ2n) is 4.32. The van der Waals surface area contributed by atoms with Crippen molar-refractivity contribution in [3.63, 3.8) is 0 Å². The summed E-state index contributed by atoms with van der Waals surface area (Å²) in [5.74, 6) is -0.732. The summed E-state index contributed by atoms with van der Waals surface area (Å²) in [5, 5.41) is 9.17. The van der Waals surface area contributed by atoms with Crippen molar-refractivity contribution < 1.29 is 9.59 Å². The largest absolute Gasteiger partial charge is 0.353 e. The number of carbonyl (C=O) groups excluding carboxylic acids is 2. The number of halogens is 1. The molecule has 0 aliphatic carbocycles. The van der Waals surface area contributed by atoms with E-state index < -0.39 is 0 Å². The van der Waals surface area contributed by atoms with Crippen LogP contribution in [0.1, 0.15) is 5.56 Å². The first kappa shape index (κ1) is 13.4. The number of nitrogens with zero attached hydrogens (tertiary/aromatic N) is 3. The van der Waals surface area contributed by atoms with Crippen molar-refractivity contribution in [2.24, 2.45) is 0 Å². The predicted molar refractivity (Wildman–Crippen MR) is 70.7 cm³/mol. The lowest BCUT2D eigenvalue weighted by Gasteiger charge is -2.32. The molecule has 5 nitrogen and oxygen atoms in total. The molecule has 1 aromatic rings. The van der Waals surface area contributed by atoms with Crippen molar-refractivity contribution in [3.05, 3.63) is 28.8 Å². The SMILES string of the molecule is Cc1ccc(N2CC(=O)N(CC#N)C(=O)C2)cc1Cl. The Kier molecular flexibility index (Phi) is 3.72. The molecule has 0 atom stereocenters. The Labute approximate surface area is 116 Å². The van der Waals surface area contributed by atoms with Gasteiger partial charge in [0, 0.05) is 10.7 Å². The molecule has 2 rings (SSSR count). The molecule has 0 radical (unpaired) electrons. The fourth-order valence-electron chi connectivity index (χ4n) is 1.90. The maximum Gasteiger partial charge on any atom is 0.249 e. The third-order valence-electron chi connectivity index (χ3n) is 3.00. The van der Waals surface area contributed by atoms with Crippen LogP contribution in [0.5, 0.6) is 0 Å². The van der Waals surface area contributed by atoms with E-state index in [-0.39, 0.29) is 31.4 Å². The van der Waals surface area contributed by atoms with Crippen LogP contribution >= 0.6 is 11.6 Å². The normalized spacial score (nSPS) is 15.6. The number of nitriles is 1. The summed E-state index contributed by atoms with van der Waals surface area (Å²) in [4.78, 5) is 26.3. The van der Waals surface area contributed by atoms with Gasteiger partial charge in [0.05, 0.1) is 19.2 Å². The molecule has 1 aliphatic heterocycles. The topological polar surface area (TPSA) is 64.4 Å². The van der Waals surface area contributed by atoms with E-state index in [1.807, 2.05) is 25.1 Å². The first-order valence-corrected chi connectivity index (χ1v) is 6.12. The molecule has 0 unspecified atom stereocenters. The lowest BCUT2D eigenvalue weighted by atomic mass is 10.2. The highest BCUT2D eigenvalue weighted by Gasteiger charge is 2.30. The van der Waals surface area contributed by atoms with Crippen molar-refractivity contribution in [3.8, 4) is 6.07 Å². The van der Waals surface area contributed by atoms with Gasteiger partial charge in [0.2, 0.25) is 11.8 Å². The van der Waals surface area contributed by atoms with E-state index in [1.54, 1.807) is 11.0 Å². The first-order valence-electron chi connectivity index (χ1n) is 5.74. The fraction of sp³-hybridized carbons (Fsp3) is 0.308. The molecule has 1 aliphatic rings. The van der Waals surface area contributed by atoms with E-state index >= 15 is 0 Å². The summed E-state index contributed by atoms with van der Waals surface area (Å²) in [5.41, 5.74) is 1.67. The van der Waals surface area contributed by atoms with Gasteiger partial charge in [-0.25, -0.2) is 0 Å². The number of hydrogen-bond donors (Lipinski definition) is 0. The smallest absolute Gasteiger partial charge is 0.249 e. The summed E-state index contributed by atoms with van der Waals surface area (Å²) in [7, 11) is 0. The third kappa shape index (κ3) is 2.69. The van der Waals surface area contributed by atoms with Crippen LogP contribution in [-0.4, -0.2) is 36.3 Å². The molecular weight excluding hydrogens is 266 g/mol. The summed E-state index contributed by atoms with van der Waals surface area (Å²) >= 11 is 6.03. The maximum atomic E-state index is 11.8. The summed E-state index contributed by atoms with van der Waals surface area (Å²) in [6.07, 6.45) is 0. The van der Waals surface area contributed by atoms with Gasteiger partial charge in [-0.15, -0.1) is 0 Å². The van der Waals surface area contributed by atoms with Crippen molar-refractivity contribution in [1.82, 2.24) is 4.90 Å². The molecule has 0 saturated carbocycles. The number of aryl methyl sites for hydroxylation is 1. The van der Waals surface area contributed by atoms with Crippen molar-refractivity contribution >= 4 is 29.1 Å². The number of piperazine rings is 1. The van der Waals surface area contributed by atoms with Gasteiger partial charge in [-0.05, 0) is 24.6 Å². The average Bonchev–Trinajstić information content (AvgIpc) is 2.37. The number of benzene rings is 1. The number of carbonyl (C=O) groups is 2. The second kappa shape index (κ2) is 5.29. The highest BCUT2D eigenvalue weighted by atomic mass is 35.5. The van der Waals surface area contributed by atoms with E-state index in [0.29, 0.717) is 5.02 Å². The van der Waals surface area contributed by atoms with Gasteiger partial charge in [-0.1, -0.05) is 17.7 Å². The van der Waals surface area contributed by atoms with Crippen LogP contribution in [0.3, 0.4) is 0 Å². The molecule has 0 spiro atoms. The van der Waals surface area contributed by atoms with Gasteiger partial charge in [-0.2, -0.15) is 5.26 Å². The quantitative estimate of drug-likeness (QED) is 0.605. The summed E-state index contributed by atoms with van der Waals surface area (Å²) in [6.45, 7) is 1.84. The van der Waals surface area contributed by atoms with Crippen molar-refractivity contribution in [2.45, 2.75) is 6.92 Å². The van der Waals surface area contributed by atoms with Crippen LogP contribution in [0.25, 0.3) is 0 Å². The molecule has 0 bridgehead atoms. The number of amides is 2. The molecule has 1 heterocycles. The maximum absolute atomic E-state index is 11.8. The Balaban J connectivity index is 2.20. The van der Waals surface area contributed by atoms with Gasteiger partial charge in [0.25, 0.3) is 0 Å². The number of imide groups is 1. The lowest BCUT2D eigenvalue weighted by Crippen LogP contribution is -2.54. The molecule has 2 amide bonds. The van der Waals surface area contributed by atoms with Gasteiger partial charge in [0.1, 0.15) is 6.54 Å². The molecule has 6 heteroatoms. The van der Waals surface area contributed by atoms with E-state index in [9.17, 15) is 9.59 Å². The van der Waals surface area contributed by atoms with Crippen molar-refractivity contribution in [2.75, 3.05) is 24.5 Å². The zero-order valence-electron chi connectivity index (χ0n) is 10.4. The molecule has 1 fully saturated rings. The number of anilines is 1. The minimum Gasteiger partial charge on any atom is -0.353 e. The van der Waals surface area contributed by atoms with Gasteiger partial charge >= 0.3 is 0 Å². The van der Waals surface area contributed by atoms with Gasteiger partial charge in [0.15, 0.2) is 0 Å². The average molecular weight is 278 g/mol. The van der Waals surface area contributed by atoms with Crippen LogP contribution in [-0.2, 0) is 9.59 Å². The fourth-order valence-corrected chi connectivity index (χ4v) is 2.08. The van der Waals surface area contributed by atoms with Crippen LogP contribution < -0.4 is 4.90 Å². The minimum atomic E-state index is -0.366. The Morgan fingerprint density at radius 1 is 1.32 bits per heavy atom. The van der Waals surface area contributed by atoms with Gasteiger partial charge < -0.3 is 4.90 Å². The van der Waals surface area contributed by atoms with E-state index in [1.165, 1.54) is 0 Å². The highest BCUT2D eigenvalue weighted by molar-refractivity contribution is 6.31. The Hall–Kier alpha value is -2.06. The molecule has 1 saturated heterocycles. The minimum absolute atomic E-state index is 0.0762. The number of rotatable bonds is 2. The van der Waals surface area contributed by atoms with E-state index in [4.69, 9.17) is 16.9 Å². The van der Waals surface area contributed by atoms with Crippen LogP contribution in [0, 0.1) is 18.3 Å². The van der Waals surface area contributed by atoms with Crippen LogP contribution in [0.4, 0.5) is 5.69 Å². The molecule has 0 N–H and O–H groups in total. The summed E-state index contributed by atoms with van der Waals surface area (Å²) < 4.78 is 0. The van der Waals surface area contributed by atoms with Crippen LogP contribution in [0.15, 0.2) is 18.2 Å². The second-order valence-corrected chi connectivity index (χ2v) is 4.73. The molecule has 98 valence electrons. The highest BCUT2D eigenvalue weighted by Crippen LogP contribution is 2.24. The third-order valence-corrected chi connectivity index (χ3v) is 3.41. The summed E-state index contributed by atoms with van der Waals surface area (Å²) in [6, 6.07) is 7.21. The Morgan fingerprint density at radius 3 is 2.47 bits per heavy atom. The Morgan fingerprint density at radius 2 is 1.95 bits per heavy atom. The number of hydrogen-bond acceptors (Lipinski definition) is 4. The predicted octanol–water partition coefficient (Wildman–Crippen LogP) is 1.35. The van der Waals surface area contributed by atoms with Crippen LogP contribution in [0.2, 0.25) is 5.02 Å². The molecule has 1 aromatic carbocycles. The van der Waals surface area contributed by atoms with E-state index in [2.05, 4.69) is 0 Å². The van der Waals surface area contributed by atoms with Crippen molar-refractivity contribution in [1.29, 1.82) is 5.26 Å². The van der Waals surface area contributed by atoms with E-state index in [0.717, 1.165) is 16.2 Å². The lowest BCUT2D eigenvalue weighted by molar-refractivity contribution is -0.144. The first-order chi connectivity index (χ1) is 9.02. The standard InChI is InChI=1S/C13H12ClN3O2/c1-9-2-3-10(6-11(9)14)16-7-12(18)17(5-4-15)13(19)8-16/h2-3,6H,5,7-8H2,1H3. The van der Waals surface area contributed by atoms with Gasteiger partial charge in [-0.3, -0.25) is 14.5 Å². The molecule has 0 aromatic heterocycles. The zero-order chi connectivity index (χ0) is 14.0. The molecule has 19 heavy (non-hydrogen) atoms. The monoisotopic (exact) mass is 277 g/mol. The Bertz CT molecular complexity index is 562. The molecular formula is C13H12ClN3O2. The zero-order valence-corrected chi connectivity index (χ0v) is 11.1.